The maximum atomic E-state index is 11.6. The number of esters is 2. The van der Waals surface area contributed by atoms with E-state index in [0.29, 0.717) is 38.3 Å². The third kappa shape index (κ3) is 30.1. The molecule has 0 bridgehead atoms. The summed E-state index contributed by atoms with van der Waals surface area (Å²) >= 11 is 6.59. The Kier molecular flexibility index (Phi) is 31.9. The second kappa shape index (κ2) is 26.5. The molecule has 0 aromatic rings. The molecule has 0 aliphatic heterocycles. The lowest BCUT2D eigenvalue weighted by molar-refractivity contribution is -0.888. The molecule has 0 aromatic carbocycles. The molecule has 0 heterocycles. The number of amides is 2. The molecule has 264 valence electrons. The normalized spacial score (nSPS) is 12.1. The summed E-state index contributed by atoms with van der Waals surface area (Å²) in [5.74, 6) is -0.612. The number of hydrogen-bond donors (Lipinski definition) is 2. The van der Waals surface area contributed by atoms with Crippen molar-refractivity contribution in [3.63, 3.8) is 0 Å². The van der Waals surface area contributed by atoms with Crippen LogP contribution in [-0.2, 0) is 28.7 Å². The number of carbonyl (C=O) groups is 4. The highest BCUT2D eigenvalue weighted by Gasteiger charge is 2.30. The van der Waals surface area contributed by atoms with E-state index >= 15 is 0 Å². The first-order valence-corrected chi connectivity index (χ1v) is 16.2. The number of alkyl halides is 2. The Hall–Kier alpha value is -0.540. The topological polar surface area (TPSA) is 111 Å². The van der Waals surface area contributed by atoms with E-state index < -0.39 is 8.65 Å². The van der Waals surface area contributed by atoms with E-state index in [0.717, 1.165) is 41.6 Å². The quantitative estimate of drug-likeness (QED) is 0.0821. The highest BCUT2D eigenvalue weighted by atomic mass is 79.9. The predicted molar refractivity (Wildman–Crippen MR) is 179 cm³/mol. The van der Waals surface area contributed by atoms with Crippen molar-refractivity contribution in [2.75, 3.05) is 80.7 Å². The van der Waals surface area contributed by atoms with Gasteiger partial charge in [0.05, 0.1) is 45.6 Å². The van der Waals surface area contributed by atoms with Gasteiger partial charge in [-0.2, -0.15) is 0 Å². The Balaban J connectivity index is -0.000000169. The van der Waals surface area contributed by atoms with Crippen LogP contribution in [0, 0.1) is 0 Å². The molecule has 0 aliphatic carbocycles. The van der Waals surface area contributed by atoms with Gasteiger partial charge in [-0.3, -0.25) is 14.4 Å². The molecule has 44 heavy (non-hydrogen) atoms. The van der Waals surface area contributed by atoms with Gasteiger partial charge in [-0.1, -0.05) is 45.4 Å². The summed E-state index contributed by atoms with van der Waals surface area (Å²) in [4.78, 5) is 44.9. The number of likely N-dealkylation sites (N-methyl/N-ethyl adjacent to an activating group) is 2. The molecule has 0 rings (SSSR count). The zero-order valence-electron chi connectivity index (χ0n) is 29.1. The number of carbonyl (C=O) groups excluding carboxylic acids is 4. The average molecular weight is 892 g/mol. The Labute approximate surface area is 305 Å². The first-order chi connectivity index (χ1) is 19.0. The van der Waals surface area contributed by atoms with Gasteiger partial charge in [-0.25, -0.2) is 4.79 Å². The van der Waals surface area contributed by atoms with Crippen LogP contribution in [-0.4, -0.2) is 122 Å². The summed E-state index contributed by atoms with van der Waals surface area (Å²) in [6, 6.07) is 0. The zero-order valence-corrected chi connectivity index (χ0v) is 35.5. The van der Waals surface area contributed by atoms with Crippen molar-refractivity contribution < 1.29 is 71.6 Å². The van der Waals surface area contributed by atoms with Gasteiger partial charge in [0.2, 0.25) is 11.8 Å². The van der Waals surface area contributed by atoms with Crippen molar-refractivity contribution in [2.24, 2.45) is 0 Å². The Morgan fingerprint density at radius 1 is 0.795 bits per heavy atom. The van der Waals surface area contributed by atoms with Crippen LogP contribution < -0.4 is 44.6 Å². The number of halogens is 4. The third-order valence-electron chi connectivity index (χ3n) is 6.56. The number of quaternary nitrogens is 2. The molecule has 2 N–H and O–H groups in total. The van der Waals surface area contributed by atoms with Gasteiger partial charge in [0.1, 0.15) is 30.6 Å². The third-order valence-corrected chi connectivity index (χ3v) is 7.81. The molecule has 0 radical (unpaired) electrons. The molecule has 2 amide bonds. The monoisotopic (exact) mass is 888 g/mol. The molecule has 0 aliphatic rings. The fourth-order valence-electron chi connectivity index (χ4n) is 2.29. The molecule has 0 fully saturated rings. The highest BCUT2D eigenvalue weighted by molar-refractivity contribution is 9.10. The average Bonchev–Trinajstić information content (AvgIpc) is 2.88. The van der Waals surface area contributed by atoms with Crippen LogP contribution in [0.5, 0.6) is 0 Å². The Bertz CT molecular complexity index is 848. The predicted octanol–water partition coefficient (Wildman–Crippen LogP) is -1.80. The minimum atomic E-state index is -0.575. The largest absolute Gasteiger partial charge is 1.00 e. The Morgan fingerprint density at radius 2 is 1.23 bits per heavy atom. The maximum absolute atomic E-state index is 11.6. The van der Waals surface area contributed by atoms with Crippen molar-refractivity contribution >= 4 is 55.6 Å². The van der Waals surface area contributed by atoms with Crippen molar-refractivity contribution in [3.8, 4) is 0 Å². The molecule has 1 atom stereocenters. The van der Waals surface area contributed by atoms with Crippen molar-refractivity contribution in [2.45, 2.75) is 76.9 Å². The summed E-state index contributed by atoms with van der Waals surface area (Å²) in [6.07, 6.45) is 1.06. The van der Waals surface area contributed by atoms with Crippen LogP contribution in [0.1, 0.15) is 68.2 Å². The summed E-state index contributed by atoms with van der Waals surface area (Å²) in [5, 5.41) is 5.32. The Morgan fingerprint density at radius 3 is 1.57 bits per heavy atom. The van der Waals surface area contributed by atoms with Gasteiger partial charge >= 0.3 is 11.9 Å². The van der Waals surface area contributed by atoms with Crippen molar-refractivity contribution in [1.29, 1.82) is 0 Å². The number of hydrogen-bond acceptors (Lipinski definition) is 6. The fraction of sp³-hybridized carbons (Fsp3) is 0.800. The fourth-order valence-corrected chi connectivity index (χ4v) is 2.55. The van der Waals surface area contributed by atoms with E-state index in [4.69, 9.17) is 9.47 Å². The van der Waals surface area contributed by atoms with E-state index in [1.54, 1.807) is 20.8 Å². The standard InChI is InChI=1S/C11H23BrNO2.C10H20NO2.C9H17BrN2O2.2BrH/c1-6-11(3,12)10(14)15-9-8-13(4,5)7-2;1-6-11(4,5)7-8-13-10(12)9(2)3;1-4-11-7(13)5-6-12-8(14)9(2,3)10;;/h6-9H2,1-5H3;2,6-8H2,1,3-5H3;4-6H2,1-3H3,(H,11,13)(H,12,14);2*1H/q2*+1;;;/p-2. The molecule has 14 heteroatoms. The molecule has 0 spiro atoms. The molecular weight excluding hydrogens is 832 g/mol. The van der Waals surface area contributed by atoms with Crippen LogP contribution >= 0.6 is 31.9 Å². The van der Waals surface area contributed by atoms with Gasteiger partial charge in [-0.15, -0.1) is 0 Å². The second-order valence-electron chi connectivity index (χ2n) is 12.0. The lowest BCUT2D eigenvalue weighted by Gasteiger charge is -2.28. The molecule has 0 saturated carbocycles. The van der Waals surface area contributed by atoms with Gasteiger partial charge in [0.15, 0.2) is 0 Å². The van der Waals surface area contributed by atoms with E-state index in [1.807, 2.05) is 20.8 Å². The molecular formula is C30H60Br4N4O6. The summed E-state index contributed by atoms with van der Waals surface area (Å²) in [6.45, 7) is 24.3. The maximum Gasteiger partial charge on any atom is 0.333 e. The van der Waals surface area contributed by atoms with E-state index in [1.165, 1.54) is 0 Å². The van der Waals surface area contributed by atoms with E-state index in [9.17, 15) is 19.2 Å². The summed E-state index contributed by atoms with van der Waals surface area (Å²) < 4.78 is 10.9. The van der Waals surface area contributed by atoms with Gasteiger partial charge in [-0.05, 0) is 54.9 Å². The molecule has 1 unspecified atom stereocenters. The SMILES string of the molecule is C=C(C)C(=O)OCC[N+](C)(C)CC.CCC(C)(Br)C(=O)OCC[N+](C)(C)CC.CCNC(=O)CCNC(=O)C(C)(C)Br.[Br-].[Br-]. The van der Waals surface area contributed by atoms with E-state index in [2.05, 4.69) is 91.1 Å². The van der Waals surface area contributed by atoms with Crippen molar-refractivity contribution in [3.05, 3.63) is 12.2 Å². The van der Waals surface area contributed by atoms with Crippen LogP contribution in [0.3, 0.4) is 0 Å². The van der Waals surface area contributed by atoms with Gasteiger partial charge < -0.3 is 63.0 Å². The number of nitrogens with zero attached hydrogens (tertiary/aromatic N) is 2. The minimum absolute atomic E-state index is 0. The summed E-state index contributed by atoms with van der Waals surface area (Å²) in [5.41, 5.74) is 0.460. The van der Waals surface area contributed by atoms with Crippen LogP contribution in [0.25, 0.3) is 0 Å². The van der Waals surface area contributed by atoms with Crippen LogP contribution in [0.2, 0.25) is 0 Å². The first kappa shape index (κ1) is 53.0. The van der Waals surface area contributed by atoms with E-state index in [-0.39, 0.29) is 57.7 Å². The number of ether oxygens (including phenoxy) is 2. The van der Waals surface area contributed by atoms with Gasteiger partial charge in [0, 0.05) is 25.1 Å². The lowest BCUT2D eigenvalue weighted by atomic mass is 10.1. The van der Waals surface area contributed by atoms with Crippen LogP contribution in [0.4, 0.5) is 0 Å². The number of rotatable bonds is 16. The molecule has 10 nitrogen and oxygen atoms in total. The molecule has 0 saturated heterocycles. The summed E-state index contributed by atoms with van der Waals surface area (Å²) in [7, 11) is 8.46. The smallest absolute Gasteiger partial charge is 0.333 e. The zero-order chi connectivity index (χ0) is 33.8. The van der Waals surface area contributed by atoms with Crippen LogP contribution in [0.15, 0.2) is 12.2 Å². The lowest BCUT2D eigenvalue weighted by Crippen LogP contribution is -3.00. The second-order valence-corrected chi connectivity index (χ2v) is 15.7. The van der Waals surface area contributed by atoms with Crippen molar-refractivity contribution in [1.82, 2.24) is 10.6 Å². The minimum Gasteiger partial charge on any atom is -1.00 e. The first-order valence-electron chi connectivity index (χ1n) is 14.6. The molecule has 0 aromatic heterocycles. The highest BCUT2D eigenvalue weighted by Crippen LogP contribution is 2.23. The van der Waals surface area contributed by atoms with Gasteiger partial charge in [0.25, 0.3) is 0 Å². The number of nitrogens with one attached hydrogen (secondary N) is 2.